The van der Waals surface area contributed by atoms with Crippen LogP contribution in [0.1, 0.15) is 6.92 Å². The van der Waals surface area contributed by atoms with Crippen molar-refractivity contribution < 1.29 is 27.9 Å². The van der Waals surface area contributed by atoms with Crippen LogP contribution in [-0.2, 0) is 9.59 Å². The van der Waals surface area contributed by atoms with Crippen LogP contribution in [0.4, 0.5) is 13.2 Å². The van der Waals surface area contributed by atoms with E-state index in [2.05, 4.69) is 0 Å². The first kappa shape index (κ1) is 16.0. The maximum absolute atomic E-state index is 11.0. The van der Waals surface area contributed by atoms with Crippen molar-refractivity contribution in [1.82, 2.24) is 4.90 Å². The van der Waals surface area contributed by atoms with Crippen molar-refractivity contribution in [3.63, 3.8) is 0 Å². The molecule has 1 amide bonds. The van der Waals surface area contributed by atoms with Crippen LogP contribution >= 0.6 is 11.8 Å². The average molecular weight is 274 g/mol. The zero-order valence-corrected chi connectivity index (χ0v) is 9.85. The number of hydrogen-bond acceptors (Lipinski definition) is 4. The van der Waals surface area contributed by atoms with Crippen LogP contribution in [-0.4, -0.2) is 52.3 Å². The summed E-state index contributed by atoms with van der Waals surface area (Å²) in [6, 6.07) is 0. The number of rotatable bonds is 1. The van der Waals surface area contributed by atoms with E-state index in [9.17, 15) is 18.0 Å². The van der Waals surface area contributed by atoms with Gasteiger partial charge in [0.2, 0.25) is 5.91 Å². The van der Waals surface area contributed by atoms with Crippen LogP contribution in [0, 0.1) is 0 Å². The molecule has 0 radical (unpaired) electrons. The quantitative estimate of drug-likeness (QED) is 0.727. The topological polar surface area (TPSA) is 83.6 Å². The molecule has 1 unspecified atom stereocenters. The van der Waals surface area contributed by atoms with Crippen molar-refractivity contribution in [2.75, 3.05) is 18.8 Å². The summed E-state index contributed by atoms with van der Waals surface area (Å²) in [6.07, 6.45) is -5.08. The minimum atomic E-state index is -5.08. The number of alkyl halides is 3. The molecule has 100 valence electrons. The number of amides is 1. The van der Waals surface area contributed by atoms with E-state index < -0.39 is 12.1 Å². The smallest absolute Gasteiger partial charge is 0.475 e. The third-order valence-corrected chi connectivity index (χ3v) is 3.02. The summed E-state index contributed by atoms with van der Waals surface area (Å²) in [5.74, 6) is -1.64. The van der Waals surface area contributed by atoms with Crippen LogP contribution in [0.5, 0.6) is 0 Å². The van der Waals surface area contributed by atoms with E-state index in [1.54, 1.807) is 11.8 Å². The summed E-state index contributed by atoms with van der Waals surface area (Å²) >= 11 is 1.80. The van der Waals surface area contributed by atoms with Crippen LogP contribution in [0.15, 0.2) is 0 Å². The number of carbonyl (C=O) groups is 2. The molecule has 0 aromatic heterocycles. The second kappa shape index (κ2) is 6.70. The van der Waals surface area contributed by atoms with E-state index in [-0.39, 0.29) is 12.5 Å². The normalized spacial score (nSPS) is 19.6. The fourth-order valence-corrected chi connectivity index (χ4v) is 2.08. The van der Waals surface area contributed by atoms with Crippen LogP contribution in [0.2, 0.25) is 0 Å². The highest BCUT2D eigenvalue weighted by atomic mass is 32.2. The van der Waals surface area contributed by atoms with Gasteiger partial charge in [0.15, 0.2) is 0 Å². The van der Waals surface area contributed by atoms with Gasteiger partial charge in [-0.15, -0.1) is 11.8 Å². The molecule has 1 fully saturated rings. The van der Waals surface area contributed by atoms with E-state index in [0.29, 0.717) is 5.37 Å². The standard InChI is InChI=1S/C6H12N2OS.C2HF3O2/c1-5-8(2-3-10-5)6(9)4-7;3-2(4,5)1(6)7/h5H,2-4,7H2,1H3;(H,6,7). The lowest BCUT2D eigenvalue weighted by atomic mass is 10.4. The Balaban J connectivity index is 0.000000325. The summed E-state index contributed by atoms with van der Waals surface area (Å²) < 4.78 is 31.7. The summed E-state index contributed by atoms with van der Waals surface area (Å²) in [7, 11) is 0. The molecule has 1 atom stereocenters. The SMILES string of the molecule is CC1SCCN1C(=O)CN.O=C(O)C(F)(F)F. The predicted molar refractivity (Wildman–Crippen MR) is 56.4 cm³/mol. The number of carboxylic acids is 1. The molecule has 9 heteroatoms. The summed E-state index contributed by atoms with van der Waals surface area (Å²) in [5.41, 5.74) is 5.21. The Kier molecular flexibility index (Phi) is 6.32. The lowest BCUT2D eigenvalue weighted by Gasteiger charge is -2.18. The molecule has 0 spiro atoms. The molecule has 1 rings (SSSR count). The summed E-state index contributed by atoms with van der Waals surface area (Å²) in [6.45, 7) is 3.04. The molecule has 0 aromatic carbocycles. The van der Waals surface area contributed by atoms with E-state index in [4.69, 9.17) is 15.6 Å². The molecule has 1 saturated heterocycles. The van der Waals surface area contributed by atoms with Gasteiger partial charge in [-0.1, -0.05) is 0 Å². The van der Waals surface area contributed by atoms with Gasteiger partial charge in [-0.05, 0) is 6.92 Å². The Morgan fingerprint density at radius 2 is 2.00 bits per heavy atom. The maximum Gasteiger partial charge on any atom is 0.490 e. The van der Waals surface area contributed by atoms with Gasteiger partial charge in [0.1, 0.15) is 0 Å². The molecule has 0 aromatic rings. The Morgan fingerprint density at radius 3 is 2.24 bits per heavy atom. The lowest BCUT2D eigenvalue weighted by Crippen LogP contribution is -2.37. The zero-order valence-electron chi connectivity index (χ0n) is 9.03. The van der Waals surface area contributed by atoms with Gasteiger partial charge in [-0.2, -0.15) is 13.2 Å². The van der Waals surface area contributed by atoms with Gasteiger partial charge in [0.25, 0.3) is 0 Å². The highest BCUT2D eigenvalue weighted by molar-refractivity contribution is 8.00. The Labute approximate surface area is 100 Å². The van der Waals surface area contributed by atoms with Crippen LogP contribution in [0.25, 0.3) is 0 Å². The monoisotopic (exact) mass is 274 g/mol. The van der Waals surface area contributed by atoms with Gasteiger partial charge < -0.3 is 15.7 Å². The van der Waals surface area contributed by atoms with Crippen molar-refractivity contribution in [2.24, 2.45) is 5.73 Å². The predicted octanol–water partition coefficient (Wildman–Crippen LogP) is 0.500. The molecule has 0 saturated carbocycles. The average Bonchev–Trinajstić information content (AvgIpc) is 2.63. The molecule has 3 N–H and O–H groups in total. The Morgan fingerprint density at radius 1 is 1.53 bits per heavy atom. The van der Waals surface area contributed by atoms with Gasteiger partial charge in [-0.3, -0.25) is 4.79 Å². The fourth-order valence-electron chi connectivity index (χ4n) is 1.04. The molecule has 1 aliphatic heterocycles. The molecule has 1 aliphatic rings. The van der Waals surface area contributed by atoms with Crippen molar-refractivity contribution >= 4 is 23.6 Å². The number of thioether (sulfide) groups is 1. The largest absolute Gasteiger partial charge is 0.490 e. The van der Waals surface area contributed by atoms with E-state index in [1.807, 2.05) is 11.8 Å². The number of halogens is 3. The first-order chi connectivity index (χ1) is 7.70. The Bertz CT molecular complexity index is 286. The second-order valence-corrected chi connectivity index (χ2v) is 4.49. The molecular weight excluding hydrogens is 261 g/mol. The summed E-state index contributed by atoms with van der Waals surface area (Å²) in [5, 5.41) is 7.45. The molecule has 0 bridgehead atoms. The van der Waals surface area contributed by atoms with Crippen molar-refractivity contribution in [2.45, 2.75) is 18.5 Å². The number of aliphatic carboxylic acids is 1. The highest BCUT2D eigenvalue weighted by Gasteiger charge is 2.38. The van der Waals surface area contributed by atoms with E-state index in [0.717, 1.165) is 12.3 Å². The zero-order chi connectivity index (χ0) is 13.6. The van der Waals surface area contributed by atoms with Crippen LogP contribution in [0.3, 0.4) is 0 Å². The van der Waals surface area contributed by atoms with Crippen molar-refractivity contribution in [3.05, 3.63) is 0 Å². The van der Waals surface area contributed by atoms with Gasteiger partial charge >= 0.3 is 12.1 Å². The van der Waals surface area contributed by atoms with E-state index >= 15 is 0 Å². The minimum absolute atomic E-state index is 0.0671. The van der Waals surface area contributed by atoms with Crippen LogP contribution < -0.4 is 5.73 Å². The fraction of sp³-hybridized carbons (Fsp3) is 0.750. The molecule has 5 nitrogen and oxygen atoms in total. The number of carbonyl (C=O) groups excluding carboxylic acids is 1. The maximum atomic E-state index is 11.0. The molecule has 0 aliphatic carbocycles. The molecular formula is C8H13F3N2O3S. The highest BCUT2D eigenvalue weighted by Crippen LogP contribution is 2.22. The van der Waals surface area contributed by atoms with Crippen molar-refractivity contribution in [1.29, 1.82) is 0 Å². The van der Waals surface area contributed by atoms with E-state index in [1.165, 1.54) is 0 Å². The summed E-state index contributed by atoms with van der Waals surface area (Å²) in [4.78, 5) is 21.7. The molecule has 1 heterocycles. The number of hydrogen-bond donors (Lipinski definition) is 2. The van der Waals surface area contributed by atoms with Gasteiger partial charge in [-0.25, -0.2) is 4.79 Å². The molecule has 17 heavy (non-hydrogen) atoms. The third-order valence-electron chi connectivity index (χ3n) is 1.87. The number of carboxylic acid groups (broad SMARTS) is 1. The number of nitrogens with two attached hydrogens (primary N) is 1. The first-order valence-electron chi connectivity index (χ1n) is 4.61. The van der Waals surface area contributed by atoms with Gasteiger partial charge in [0.05, 0.1) is 11.9 Å². The van der Waals surface area contributed by atoms with Gasteiger partial charge in [0, 0.05) is 12.3 Å². The second-order valence-electron chi connectivity index (χ2n) is 3.06. The Hall–Kier alpha value is -0.960. The third kappa shape index (κ3) is 5.78. The first-order valence-corrected chi connectivity index (χ1v) is 5.66. The number of nitrogens with zero attached hydrogens (tertiary/aromatic N) is 1. The van der Waals surface area contributed by atoms with Crippen molar-refractivity contribution in [3.8, 4) is 0 Å². The lowest BCUT2D eigenvalue weighted by molar-refractivity contribution is -0.192. The minimum Gasteiger partial charge on any atom is -0.475 e.